The van der Waals surface area contributed by atoms with Gasteiger partial charge in [-0.05, 0) is 51.9 Å². The van der Waals surface area contributed by atoms with Gasteiger partial charge in [-0.15, -0.1) is 23.1 Å². The first-order valence-corrected chi connectivity index (χ1v) is 15.7. The van der Waals surface area contributed by atoms with Crippen molar-refractivity contribution in [1.29, 1.82) is 5.41 Å². The molecule has 0 radical (unpaired) electrons. The molecule has 0 aliphatic heterocycles. The number of benzene rings is 4. The summed E-state index contributed by atoms with van der Waals surface area (Å²) in [5.41, 5.74) is 5.55. The molecule has 0 unspecified atom stereocenters. The zero-order valence-electron chi connectivity index (χ0n) is 19.2. The Kier molecular flexibility index (Phi) is 6.82. The third-order valence-corrected chi connectivity index (χ3v) is 12.4. The predicted octanol–water partition coefficient (Wildman–Crippen LogP) is 5.47. The molecule has 0 bridgehead atoms. The summed E-state index contributed by atoms with van der Waals surface area (Å²) in [4.78, 5) is 0.892. The van der Waals surface area contributed by atoms with Crippen molar-refractivity contribution in [3.63, 3.8) is 0 Å². The Morgan fingerprint density at radius 2 is 1.24 bits per heavy atom. The molecule has 0 saturated heterocycles. The maximum atomic E-state index is 13.9. The Morgan fingerprint density at radius 3 is 1.70 bits per heavy atom. The second-order valence-electron chi connectivity index (χ2n) is 8.13. The molecule has 188 valence electrons. The third kappa shape index (κ3) is 5.00. The standard InChI is InChI=1S/C26H21N3O4S4/c27-26(28)25-15-22(16-34-25)35-17-29(36(30,31)23-11-9-18-5-1-3-7-20(18)13-23)37(32,33)24-12-10-19-6-2-4-8-21(19)14-24/h1-16H,17H2,(H3,27,28). The lowest BCUT2D eigenvalue weighted by molar-refractivity contribution is 0.521. The molecular weight excluding hydrogens is 547 g/mol. The van der Waals surface area contributed by atoms with Gasteiger partial charge in [0.25, 0.3) is 20.0 Å². The van der Waals surface area contributed by atoms with Gasteiger partial charge >= 0.3 is 0 Å². The maximum absolute atomic E-state index is 13.9. The summed E-state index contributed by atoms with van der Waals surface area (Å²) in [5.74, 6) is -0.500. The SMILES string of the molecule is N=C(N)c1cc(SCN(S(=O)(=O)c2ccc3ccccc3c2)S(=O)(=O)c2ccc3ccccc3c2)cs1. The van der Waals surface area contributed by atoms with Crippen LogP contribution < -0.4 is 5.73 Å². The molecule has 0 amide bonds. The van der Waals surface area contributed by atoms with Crippen LogP contribution in [0.5, 0.6) is 0 Å². The van der Waals surface area contributed by atoms with Crippen LogP contribution in [0, 0.1) is 5.41 Å². The van der Waals surface area contributed by atoms with Gasteiger partial charge < -0.3 is 5.73 Å². The van der Waals surface area contributed by atoms with Crippen LogP contribution in [-0.2, 0) is 20.0 Å². The van der Waals surface area contributed by atoms with Crippen molar-refractivity contribution in [2.24, 2.45) is 5.73 Å². The van der Waals surface area contributed by atoms with Crippen molar-refractivity contribution in [2.75, 3.05) is 5.88 Å². The first-order chi connectivity index (χ1) is 17.7. The quantitative estimate of drug-likeness (QED) is 0.111. The highest BCUT2D eigenvalue weighted by atomic mass is 32.3. The number of nitrogens with one attached hydrogen (secondary N) is 1. The van der Waals surface area contributed by atoms with E-state index in [2.05, 4.69) is 0 Å². The summed E-state index contributed by atoms with van der Waals surface area (Å²) in [6.07, 6.45) is 0. The van der Waals surface area contributed by atoms with Crippen molar-refractivity contribution in [3.05, 3.63) is 101 Å². The van der Waals surface area contributed by atoms with Gasteiger partial charge in [-0.25, -0.2) is 16.8 Å². The van der Waals surface area contributed by atoms with Crippen LogP contribution in [0.2, 0.25) is 0 Å². The molecule has 0 saturated carbocycles. The third-order valence-electron chi connectivity index (χ3n) is 5.75. The number of hydrogen-bond acceptors (Lipinski definition) is 7. The molecule has 5 aromatic rings. The fourth-order valence-corrected chi connectivity index (χ4v) is 9.88. The lowest BCUT2D eigenvalue weighted by atomic mass is 10.1. The van der Waals surface area contributed by atoms with E-state index in [1.807, 2.05) is 24.3 Å². The maximum Gasteiger partial charge on any atom is 0.257 e. The predicted molar refractivity (Wildman–Crippen MR) is 150 cm³/mol. The number of nitrogens with two attached hydrogens (primary N) is 1. The Morgan fingerprint density at radius 1 is 0.757 bits per heavy atom. The number of fused-ring (bicyclic) bond motifs is 2. The molecule has 0 aliphatic rings. The van der Waals surface area contributed by atoms with Crippen LogP contribution in [0.4, 0.5) is 0 Å². The molecule has 1 aromatic heterocycles. The number of thiophene rings is 1. The first kappa shape index (κ1) is 25.4. The Labute approximate surface area is 223 Å². The molecule has 0 spiro atoms. The molecular formula is C26H21N3O4S4. The summed E-state index contributed by atoms with van der Waals surface area (Å²) in [5, 5.41) is 12.4. The lowest BCUT2D eigenvalue weighted by Crippen LogP contribution is -2.36. The number of thioether (sulfide) groups is 1. The normalized spacial score (nSPS) is 12.4. The van der Waals surface area contributed by atoms with Gasteiger partial charge in [-0.1, -0.05) is 64.4 Å². The zero-order valence-corrected chi connectivity index (χ0v) is 22.5. The average Bonchev–Trinajstić information content (AvgIpc) is 3.37. The Bertz CT molecular complexity index is 1760. The molecule has 11 heteroatoms. The summed E-state index contributed by atoms with van der Waals surface area (Å²) in [6.45, 7) is 0. The number of sulfonamides is 2. The fourth-order valence-electron chi connectivity index (χ4n) is 3.82. The molecule has 1 heterocycles. The van der Waals surface area contributed by atoms with E-state index in [4.69, 9.17) is 11.1 Å². The van der Waals surface area contributed by atoms with Crippen LogP contribution >= 0.6 is 23.1 Å². The Hall–Kier alpha value is -3.22. The number of rotatable bonds is 8. The lowest BCUT2D eigenvalue weighted by Gasteiger charge is -2.22. The van der Waals surface area contributed by atoms with Crippen molar-refractivity contribution in [1.82, 2.24) is 3.71 Å². The van der Waals surface area contributed by atoms with Crippen LogP contribution in [-0.4, -0.2) is 32.3 Å². The van der Waals surface area contributed by atoms with E-state index in [9.17, 15) is 16.8 Å². The van der Waals surface area contributed by atoms with Crippen LogP contribution in [0.25, 0.3) is 21.5 Å². The minimum absolute atomic E-state index is 0.110. The van der Waals surface area contributed by atoms with Crippen LogP contribution in [0.3, 0.4) is 0 Å². The van der Waals surface area contributed by atoms with E-state index in [0.29, 0.717) is 24.3 Å². The average molecular weight is 568 g/mol. The number of amidine groups is 1. The smallest absolute Gasteiger partial charge is 0.257 e. The molecule has 5 rings (SSSR count). The second-order valence-corrected chi connectivity index (χ2v) is 14.0. The second kappa shape index (κ2) is 9.92. The first-order valence-electron chi connectivity index (χ1n) is 11.0. The molecule has 3 N–H and O–H groups in total. The molecule has 0 atom stereocenters. The minimum atomic E-state index is -4.47. The summed E-state index contributed by atoms with van der Waals surface area (Å²) >= 11 is 2.27. The van der Waals surface area contributed by atoms with Crippen molar-refractivity contribution < 1.29 is 16.8 Å². The van der Waals surface area contributed by atoms with E-state index in [1.54, 1.807) is 47.8 Å². The molecule has 7 nitrogen and oxygen atoms in total. The van der Waals surface area contributed by atoms with Crippen molar-refractivity contribution >= 4 is 70.5 Å². The van der Waals surface area contributed by atoms with Crippen molar-refractivity contribution in [2.45, 2.75) is 14.7 Å². The molecule has 37 heavy (non-hydrogen) atoms. The van der Waals surface area contributed by atoms with Gasteiger partial charge in [0, 0.05) is 10.3 Å². The highest BCUT2D eigenvalue weighted by Crippen LogP contribution is 2.33. The molecule has 0 fully saturated rings. The van der Waals surface area contributed by atoms with Crippen molar-refractivity contribution in [3.8, 4) is 0 Å². The molecule has 0 aliphatic carbocycles. The van der Waals surface area contributed by atoms with Gasteiger partial charge in [-0.3, -0.25) is 5.41 Å². The van der Waals surface area contributed by atoms with E-state index in [1.165, 1.54) is 35.6 Å². The van der Waals surface area contributed by atoms with Crippen LogP contribution in [0.1, 0.15) is 4.88 Å². The monoisotopic (exact) mass is 567 g/mol. The largest absolute Gasteiger partial charge is 0.383 e. The van der Waals surface area contributed by atoms with Crippen LogP contribution in [0.15, 0.2) is 111 Å². The minimum Gasteiger partial charge on any atom is -0.383 e. The highest BCUT2D eigenvalue weighted by Gasteiger charge is 2.37. The topological polar surface area (TPSA) is 121 Å². The van der Waals surface area contributed by atoms with Gasteiger partial charge in [0.1, 0.15) is 5.84 Å². The fraction of sp³-hybridized carbons (Fsp3) is 0.0385. The number of nitrogen functional groups attached to an aromatic ring is 1. The summed E-state index contributed by atoms with van der Waals surface area (Å²) in [7, 11) is -8.94. The van der Waals surface area contributed by atoms with Gasteiger partial charge in [-0.2, -0.15) is 0 Å². The summed E-state index contributed by atoms with van der Waals surface area (Å²) in [6, 6.07) is 25.3. The zero-order chi connectivity index (χ0) is 26.2. The highest BCUT2D eigenvalue weighted by molar-refractivity contribution is 8.06. The summed E-state index contributed by atoms with van der Waals surface area (Å²) < 4.78 is 56.1. The van der Waals surface area contributed by atoms with E-state index < -0.39 is 25.9 Å². The Balaban J connectivity index is 1.60. The van der Waals surface area contributed by atoms with Gasteiger partial charge in [0.15, 0.2) is 0 Å². The number of nitrogens with zero attached hydrogens (tertiary/aromatic N) is 1. The van der Waals surface area contributed by atoms with E-state index in [0.717, 1.165) is 22.5 Å². The van der Waals surface area contributed by atoms with Gasteiger partial charge in [0.05, 0.1) is 20.5 Å². The van der Waals surface area contributed by atoms with E-state index >= 15 is 0 Å². The number of hydrogen-bond donors (Lipinski definition) is 2. The van der Waals surface area contributed by atoms with Gasteiger partial charge in [0.2, 0.25) is 0 Å². The van der Waals surface area contributed by atoms with E-state index in [-0.39, 0.29) is 15.6 Å². The molecule has 4 aromatic carbocycles.